The fraction of sp³-hybridized carbons (Fsp3) is 0.111. The van der Waals surface area contributed by atoms with E-state index in [1.54, 1.807) is 12.1 Å². The zero-order chi connectivity index (χ0) is 27.6. The Bertz CT molecular complexity index is 1480. The predicted octanol–water partition coefficient (Wildman–Crippen LogP) is 5.65. The van der Waals surface area contributed by atoms with Crippen LogP contribution in [0.1, 0.15) is 16.7 Å². The van der Waals surface area contributed by atoms with Gasteiger partial charge in [-0.05, 0) is 105 Å². The van der Waals surface area contributed by atoms with Crippen molar-refractivity contribution in [2.45, 2.75) is 13.8 Å². The fourth-order valence-electron chi connectivity index (χ4n) is 3.73. The van der Waals surface area contributed by atoms with E-state index in [2.05, 4.69) is 42.5 Å². The molecule has 1 saturated heterocycles. The van der Waals surface area contributed by atoms with Crippen molar-refractivity contribution < 1.29 is 28.3 Å². The number of urea groups is 1. The Balaban J connectivity index is 1.51. The molecule has 0 radical (unpaired) electrons. The number of hydrogen-bond donors (Lipinski definition) is 2. The highest BCUT2D eigenvalue weighted by Crippen LogP contribution is 2.36. The van der Waals surface area contributed by atoms with Gasteiger partial charge in [0.1, 0.15) is 17.1 Å². The second-order valence-electron chi connectivity index (χ2n) is 8.40. The number of benzene rings is 3. The number of hydrogen-bond acceptors (Lipinski definition) is 5. The maximum atomic E-state index is 13.3. The van der Waals surface area contributed by atoms with Gasteiger partial charge in [-0.3, -0.25) is 19.7 Å². The fourth-order valence-corrected chi connectivity index (χ4v) is 5.18. The molecule has 11 heteroatoms. The van der Waals surface area contributed by atoms with Crippen LogP contribution in [0, 0.1) is 19.7 Å². The third-order valence-electron chi connectivity index (χ3n) is 5.52. The molecule has 8 nitrogen and oxygen atoms in total. The van der Waals surface area contributed by atoms with Gasteiger partial charge in [0.25, 0.3) is 17.7 Å². The quantitative estimate of drug-likeness (QED) is 0.267. The highest BCUT2D eigenvalue weighted by molar-refractivity contribution is 9.11. The minimum atomic E-state index is -0.936. The third kappa shape index (κ3) is 6.00. The topological polar surface area (TPSA) is 105 Å². The predicted molar refractivity (Wildman–Crippen MR) is 147 cm³/mol. The standard InChI is InChI=1S/C27H20Br2FN3O5/c1-14-3-8-22(15(2)9-14)31-23(34)13-38-24-20(28)11-16(12-21(24)29)10-19-25(35)32-27(37)33(26(19)36)18-6-4-17(30)5-7-18/h3-12H,13H2,1-2H3,(H,31,34)(H,32,35,37)/b19-10+. The molecule has 5 amide bonds. The number of aryl methyl sites for hydroxylation is 2. The van der Waals surface area contributed by atoms with Crippen molar-refractivity contribution in [3.8, 4) is 5.75 Å². The number of nitrogens with one attached hydrogen (secondary N) is 2. The first-order valence-electron chi connectivity index (χ1n) is 11.2. The van der Waals surface area contributed by atoms with Crippen molar-refractivity contribution >= 4 is 73.1 Å². The van der Waals surface area contributed by atoms with Crippen LogP contribution >= 0.6 is 31.9 Å². The molecule has 0 atom stereocenters. The van der Waals surface area contributed by atoms with E-state index in [4.69, 9.17) is 4.74 Å². The summed E-state index contributed by atoms with van der Waals surface area (Å²) in [6.07, 6.45) is 1.31. The number of imide groups is 2. The average Bonchev–Trinajstić information content (AvgIpc) is 2.84. The second-order valence-corrected chi connectivity index (χ2v) is 10.1. The van der Waals surface area contributed by atoms with Crippen LogP contribution in [0.2, 0.25) is 0 Å². The molecular weight excluding hydrogens is 625 g/mol. The normalized spacial score (nSPS) is 14.5. The summed E-state index contributed by atoms with van der Waals surface area (Å²) in [5.41, 5.74) is 2.95. The van der Waals surface area contributed by atoms with Crippen molar-refractivity contribution in [3.05, 3.63) is 91.6 Å². The molecule has 194 valence electrons. The van der Waals surface area contributed by atoms with E-state index in [-0.39, 0.29) is 23.8 Å². The van der Waals surface area contributed by atoms with Crippen molar-refractivity contribution in [1.29, 1.82) is 0 Å². The van der Waals surface area contributed by atoms with E-state index in [0.29, 0.717) is 25.9 Å². The lowest BCUT2D eigenvalue weighted by molar-refractivity contribution is -0.122. The Morgan fingerprint density at radius 3 is 2.32 bits per heavy atom. The molecule has 4 rings (SSSR count). The number of carbonyl (C=O) groups is 4. The Morgan fingerprint density at radius 2 is 1.68 bits per heavy atom. The molecule has 3 aromatic rings. The number of halogens is 3. The van der Waals surface area contributed by atoms with Crippen molar-refractivity contribution in [2.24, 2.45) is 0 Å². The Hall–Kier alpha value is -3.83. The number of rotatable bonds is 6. The number of ether oxygens (including phenoxy) is 1. The van der Waals surface area contributed by atoms with Gasteiger partial charge in [-0.1, -0.05) is 17.7 Å². The summed E-state index contributed by atoms with van der Waals surface area (Å²) >= 11 is 6.79. The number of nitrogens with zero attached hydrogens (tertiary/aromatic N) is 1. The molecule has 0 aliphatic carbocycles. The molecule has 3 aromatic carbocycles. The van der Waals surface area contributed by atoms with E-state index in [0.717, 1.165) is 28.2 Å². The van der Waals surface area contributed by atoms with Crippen LogP contribution in [-0.2, 0) is 14.4 Å². The number of carbonyl (C=O) groups excluding carboxylic acids is 4. The summed E-state index contributed by atoms with van der Waals surface area (Å²) in [4.78, 5) is 51.0. The number of barbiturate groups is 1. The lowest BCUT2D eigenvalue weighted by Gasteiger charge is -2.26. The molecular formula is C27H20Br2FN3O5. The van der Waals surface area contributed by atoms with E-state index < -0.39 is 23.7 Å². The molecule has 0 bridgehead atoms. The molecule has 0 spiro atoms. The van der Waals surface area contributed by atoms with Gasteiger partial charge < -0.3 is 10.1 Å². The van der Waals surface area contributed by atoms with E-state index >= 15 is 0 Å². The summed E-state index contributed by atoms with van der Waals surface area (Å²) in [5.74, 6) is -2.28. The Morgan fingerprint density at radius 1 is 1.03 bits per heavy atom. The SMILES string of the molecule is Cc1ccc(NC(=O)COc2c(Br)cc(/C=C3\C(=O)NC(=O)N(c4ccc(F)cc4)C3=O)cc2Br)c(C)c1. The van der Waals surface area contributed by atoms with Gasteiger partial charge in [0, 0.05) is 5.69 Å². The zero-order valence-electron chi connectivity index (χ0n) is 20.1. The molecule has 0 aromatic heterocycles. The first-order chi connectivity index (χ1) is 18.0. The summed E-state index contributed by atoms with van der Waals surface area (Å²) < 4.78 is 19.9. The monoisotopic (exact) mass is 643 g/mol. The minimum absolute atomic E-state index is 0.109. The lowest BCUT2D eigenvalue weighted by Crippen LogP contribution is -2.54. The van der Waals surface area contributed by atoms with Gasteiger partial charge >= 0.3 is 6.03 Å². The molecule has 0 unspecified atom stereocenters. The minimum Gasteiger partial charge on any atom is -0.481 e. The highest BCUT2D eigenvalue weighted by Gasteiger charge is 2.36. The largest absolute Gasteiger partial charge is 0.481 e. The summed E-state index contributed by atoms with van der Waals surface area (Å²) in [5, 5.41) is 4.92. The van der Waals surface area contributed by atoms with E-state index in [1.807, 2.05) is 32.0 Å². The van der Waals surface area contributed by atoms with Crippen LogP contribution in [0.15, 0.2) is 69.1 Å². The van der Waals surface area contributed by atoms with Crippen molar-refractivity contribution in [2.75, 3.05) is 16.8 Å². The zero-order valence-corrected chi connectivity index (χ0v) is 23.3. The second kappa shape index (κ2) is 11.3. The molecule has 0 saturated carbocycles. The van der Waals surface area contributed by atoms with Gasteiger partial charge in [-0.25, -0.2) is 14.1 Å². The molecule has 1 aliphatic heterocycles. The molecule has 1 fully saturated rings. The van der Waals surface area contributed by atoms with E-state index in [1.165, 1.54) is 18.2 Å². The van der Waals surface area contributed by atoms with Gasteiger partial charge in [-0.2, -0.15) is 0 Å². The summed E-state index contributed by atoms with van der Waals surface area (Å²) in [6, 6.07) is 12.7. The molecule has 38 heavy (non-hydrogen) atoms. The Labute approximate surface area is 234 Å². The van der Waals surface area contributed by atoms with Gasteiger partial charge in [0.05, 0.1) is 14.6 Å². The first-order valence-corrected chi connectivity index (χ1v) is 12.8. The lowest BCUT2D eigenvalue weighted by atomic mass is 10.1. The van der Waals surface area contributed by atoms with Crippen molar-refractivity contribution in [3.63, 3.8) is 0 Å². The maximum Gasteiger partial charge on any atom is 0.335 e. The smallest absolute Gasteiger partial charge is 0.335 e. The van der Waals surface area contributed by atoms with Gasteiger partial charge in [-0.15, -0.1) is 0 Å². The number of amides is 5. The summed E-state index contributed by atoms with van der Waals surface area (Å²) in [6.45, 7) is 3.60. The molecule has 1 heterocycles. The van der Waals surface area contributed by atoms with Crippen molar-refractivity contribution in [1.82, 2.24) is 5.32 Å². The van der Waals surface area contributed by atoms with Crippen LogP contribution in [0.5, 0.6) is 5.75 Å². The Kier molecular flexibility index (Phi) is 8.08. The summed E-state index contributed by atoms with van der Waals surface area (Å²) in [7, 11) is 0. The van der Waals surface area contributed by atoms with Crippen LogP contribution in [-0.4, -0.2) is 30.4 Å². The molecule has 2 N–H and O–H groups in total. The van der Waals surface area contributed by atoms with Gasteiger partial charge in [0.2, 0.25) is 0 Å². The highest BCUT2D eigenvalue weighted by atomic mass is 79.9. The van der Waals surface area contributed by atoms with Crippen LogP contribution < -0.4 is 20.3 Å². The van der Waals surface area contributed by atoms with Gasteiger partial charge in [0.15, 0.2) is 6.61 Å². The maximum absolute atomic E-state index is 13.3. The third-order valence-corrected chi connectivity index (χ3v) is 6.70. The molecule has 1 aliphatic rings. The van der Waals surface area contributed by atoms with Crippen LogP contribution in [0.3, 0.4) is 0 Å². The van der Waals surface area contributed by atoms with Crippen LogP contribution in [0.25, 0.3) is 6.08 Å². The number of anilines is 2. The first kappa shape index (κ1) is 27.2. The van der Waals surface area contributed by atoms with E-state index in [9.17, 15) is 23.6 Å². The van der Waals surface area contributed by atoms with Crippen LogP contribution in [0.4, 0.5) is 20.6 Å². The average molecular weight is 645 g/mol.